The van der Waals surface area contributed by atoms with Crippen molar-refractivity contribution in [3.05, 3.63) is 23.8 Å². The Morgan fingerprint density at radius 2 is 1.75 bits per heavy atom. The molecule has 130 valence electrons. The molecule has 1 aromatic rings. The third-order valence-electron chi connectivity index (χ3n) is 4.22. The monoisotopic (exact) mass is 331 g/mol. The molecule has 6 nitrogen and oxygen atoms in total. The highest BCUT2D eigenvalue weighted by molar-refractivity contribution is 6.02. The van der Waals surface area contributed by atoms with Crippen LogP contribution in [0.15, 0.2) is 18.2 Å². The molecule has 6 heteroatoms. The summed E-state index contributed by atoms with van der Waals surface area (Å²) in [6.45, 7) is 4.98. The van der Waals surface area contributed by atoms with Crippen molar-refractivity contribution in [3.8, 4) is 0 Å². The van der Waals surface area contributed by atoms with Crippen LogP contribution in [0.5, 0.6) is 0 Å². The number of rotatable bonds is 5. The maximum atomic E-state index is 12.4. The molecule has 3 N–H and O–H groups in total. The van der Waals surface area contributed by atoms with Gasteiger partial charge in [0.2, 0.25) is 17.7 Å². The van der Waals surface area contributed by atoms with Gasteiger partial charge in [-0.1, -0.05) is 18.9 Å². The average molecular weight is 331 g/mol. The molecule has 1 saturated carbocycles. The van der Waals surface area contributed by atoms with Crippen LogP contribution in [0.1, 0.15) is 45.1 Å². The van der Waals surface area contributed by atoms with Crippen LogP contribution in [-0.4, -0.2) is 23.8 Å². The summed E-state index contributed by atoms with van der Waals surface area (Å²) in [6, 6.07) is 4.75. The van der Waals surface area contributed by atoms with Gasteiger partial charge in [-0.2, -0.15) is 0 Å². The van der Waals surface area contributed by atoms with Crippen LogP contribution in [0.4, 0.5) is 11.4 Å². The van der Waals surface area contributed by atoms with E-state index in [0.29, 0.717) is 11.4 Å². The second-order valence-corrected chi connectivity index (χ2v) is 6.43. The molecule has 0 heterocycles. The summed E-state index contributed by atoms with van der Waals surface area (Å²) in [5.41, 5.74) is 2.02. The summed E-state index contributed by atoms with van der Waals surface area (Å²) in [4.78, 5) is 35.8. The minimum atomic E-state index is -0.635. The molecule has 1 unspecified atom stereocenters. The van der Waals surface area contributed by atoms with E-state index < -0.39 is 6.04 Å². The number of benzene rings is 1. The standard InChI is InChI=1S/C18H25N3O3/c1-11-8-9-15(20-13(3)22)16(10-11)21-17(23)12(2)19-18(24)14-6-4-5-7-14/h8-10,12,14H,4-7H2,1-3H3,(H,19,24)(H,20,22)(H,21,23). The van der Waals surface area contributed by atoms with E-state index in [4.69, 9.17) is 0 Å². The van der Waals surface area contributed by atoms with E-state index in [2.05, 4.69) is 16.0 Å². The highest BCUT2D eigenvalue weighted by Gasteiger charge is 2.25. The van der Waals surface area contributed by atoms with Gasteiger partial charge < -0.3 is 16.0 Å². The molecular formula is C18H25N3O3. The summed E-state index contributed by atoms with van der Waals surface area (Å²) < 4.78 is 0. The Hall–Kier alpha value is -2.37. The lowest BCUT2D eigenvalue weighted by Gasteiger charge is -2.18. The summed E-state index contributed by atoms with van der Waals surface area (Å²) in [5.74, 6) is -0.550. The molecule has 1 fully saturated rings. The Kier molecular flexibility index (Phi) is 5.95. The van der Waals surface area contributed by atoms with Crippen molar-refractivity contribution in [1.29, 1.82) is 0 Å². The van der Waals surface area contributed by atoms with Gasteiger partial charge >= 0.3 is 0 Å². The molecule has 1 atom stereocenters. The molecule has 3 amide bonds. The van der Waals surface area contributed by atoms with E-state index in [-0.39, 0.29) is 23.6 Å². The molecule has 2 rings (SSSR count). The van der Waals surface area contributed by atoms with Gasteiger partial charge in [0, 0.05) is 12.8 Å². The second kappa shape index (κ2) is 7.95. The van der Waals surface area contributed by atoms with Crippen molar-refractivity contribution in [2.75, 3.05) is 10.6 Å². The summed E-state index contributed by atoms with van der Waals surface area (Å²) in [5, 5.41) is 8.25. The fraction of sp³-hybridized carbons (Fsp3) is 0.500. The lowest BCUT2D eigenvalue weighted by Crippen LogP contribution is -2.43. The van der Waals surface area contributed by atoms with Gasteiger partial charge in [0.05, 0.1) is 11.4 Å². The predicted molar refractivity (Wildman–Crippen MR) is 93.7 cm³/mol. The van der Waals surface area contributed by atoms with Crippen LogP contribution in [0.25, 0.3) is 0 Å². The minimum Gasteiger partial charge on any atom is -0.344 e. The van der Waals surface area contributed by atoms with Gasteiger partial charge in [-0.25, -0.2) is 0 Å². The van der Waals surface area contributed by atoms with E-state index in [9.17, 15) is 14.4 Å². The third kappa shape index (κ3) is 4.81. The lowest BCUT2D eigenvalue weighted by molar-refractivity contribution is -0.128. The summed E-state index contributed by atoms with van der Waals surface area (Å²) in [7, 11) is 0. The molecule has 0 aliphatic heterocycles. The van der Waals surface area contributed by atoms with Crippen LogP contribution >= 0.6 is 0 Å². The maximum absolute atomic E-state index is 12.4. The minimum absolute atomic E-state index is 0.0224. The zero-order chi connectivity index (χ0) is 17.7. The van der Waals surface area contributed by atoms with Crippen molar-refractivity contribution in [1.82, 2.24) is 5.32 Å². The number of amides is 3. The number of nitrogens with one attached hydrogen (secondary N) is 3. The van der Waals surface area contributed by atoms with Crippen LogP contribution in [0.3, 0.4) is 0 Å². The van der Waals surface area contributed by atoms with E-state index in [0.717, 1.165) is 31.2 Å². The van der Waals surface area contributed by atoms with E-state index in [1.165, 1.54) is 6.92 Å². The number of hydrogen-bond donors (Lipinski definition) is 3. The third-order valence-corrected chi connectivity index (χ3v) is 4.22. The van der Waals surface area contributed by atoms with Crippen LogP contribution in [-0.2, 0) is 14.4 Å². The van der Waals surface area contributed by atoms with Crippen molar-refractivity contribution >= 4 is 29.1 Å². The summed E-state index contributed by atoms with van der Waals surface area (Å²) >= 11 is 0. The number of anilines is 2. The van der Waals surface area contributed by atoms with Gasteiger partial charge in [0.25, 0.3) is 0 Å². The molecule has 24 heavy (non-hydrogen) atoms. The lowest BCUT2D eigenvalue weighted by atomic mass is 10.1. The van der Waals surface area contributed by atoms with Crippen molar-refractivity contribution in [3.63, 3.8) is 0 Å². The van der Waals surface area contributed by atoms with E-state index >= 15 is 0 Å². The van der Waals surface area contributed by atoms with Crippen LogP contribution in [0.2, 0.25) is 0 Å². The molecular weight excluding hydrogens is 306 g/mol. The zero-order valence-corrected chi connectivity index (χ0v) is 14.4. The molecule has 0 saturated heterocycles. The number of carbonyl (C=O) groups is 3. The van der Waals surface area contributed by atoms with Gasteiger partial charge in [0.1, 0.15) is 6.04 Å². The normalized spacial score (nSPS) is 15.6. The smallest absolute Gasteiger partial charge is 0.246 e. The quantitative estimate of drug-likeness (QED) is 0.775. The Balaban J connectivity index is 2.01. The molecule has 0 bridgehead atoms. The highest BCUT2D eigenvalue weighted by atomic mass is 16.2. The Morgan fingerprint density at radius 1 is 1.08 bits per heavy atom. The first-order chi connectivity index (χ1) is 11.4. The Bertz CT molecular complexity index is 636. The Labute approximate surface area is 142 Å². The molecule has 0 spiro atoms. The van der Waals surface area contributed by atoms with Crippen LogP contribution < -0.4 is 16.0 Å². The first kappa shape index (κ1) is 18.0. The highest BCUT2D eigenvalue weighted by Crippen LogP contribution is 2.25. The van der Waals surface area contributed by atoms with Gasteiger partial charge in [0.15, 0.2) is 0 Å². The Morgan fingerprint density at radius 3 is 2.38 bits per heavy atom. The molecule has 1 aliphatic rings. The van der Waals surface area contributed by atoms with Gasteiger partial charge in [-0.15, -0.1) is 0 Å². The van der Waals surface area contributed by atoms with Gasteiger partial charge in [-0.05, 0) is 44.4 Å². The van der Waals surface area contributed by atoms with Crippen LogP contribution in [0, 0.1) is 12.8 Å². The first-order valence-corrected chi connectivity index (χ1v) is 8.36. The first-order valence-electron chi connectivity index (χ1n) is 8.36. The zero-order valence-electron chi connectivity index (χ0n) is 14.4. The van der Waals surface area contributed by atoms with Gasteiger partial charge in [-0.3, -0.25) is 14.4 Å². The fourth-order valence-corrected chi connectivity index (χ4v) is 2.89. The topological polar surface area (TPSA) is 87.3 Å². The number of hydrogen-bond acceptors (Lipinski definition) is 3. The molecule has 1 aromatic carbocycles. The summed E-state index contributed by atoms with van der Waals surface area (Å²) in [6.07, 6.45) is 3.93. The maximum Gasteiger partial charge on any atom is 0.246 e. The molecule has 0 radical (unpaired) electrons. The molecule has 1 aliphatic carbocycles. The predicted octanol–water partition coefficient (Wildman–Crippen LogP) is 2.59. The van der Waals surface area contributed by atoms with Crippen molar-refractivity contribution < 1.29 is 14.4 Å². The number of aryl methyl sites for hydroxylation is 1. The van der Waals surface area contributed by atoms with Crippen molar-refractivity contribution in [2.45, 2.75) is 52.5 Å². The SMILES string of the molecule is CC(=O)Nc1ccc(C)cc1NC(=O)C(C)NC(=O)C1CCCC1. The molecule has 0 aromatic heterocycles. The van der Waals surface area contributed by atoms with E-state index in [1.807, 2.05) is 13.0 Å². The van der Waals surface area contributed by atoms with Crippen molar-refractivity contribution in [2.24, 2.45) is 5.92 Å². The second-order valence-electron chi connectivity index (χ2n) is 6.43. The largest absolute Gasteiger partial charge is 0.344 e. The fourth-order valence-electron chi connectivity index (χ4n) is 2.89. The van der Waals surface area contributed by atoms with E-state index in [1.54, 1.807) is 19.1 Å². The number of carbonyl (C=O) groups excluding carboxylic acids is 3. The average Bonchev–Trinajstić information content (AvgIpc) is 3.04.